The fraction of sp³-hybridized carbons (Fsp3) is 0.118. The summed E-state index contributed by atoms with van der Waals surface area (Å²) in [6.07, 6.45) is 4.43. The van der Waals surface area contributed by atoms with Crippen molar-refractivity contribution in [2.45, 2.75) is 12.8 Å². The van der Waals surface area contributed by atoms with Crippen LogP contribution in [0.1, 0.15) is 24.0 Å². The Labute approximate surface area is 220 Å². The van der Waals surface area contributed by atoms with Crippen LogP contribution in [-0.2, 0) is 0 Å². The van der Waals surface area contributed by atoms with Crippen molar-refractivity contribution >= 4 is 16.8 Å². The molecule has 0 saturated carbocycles. The van der Waals surface area contributed by atoms with Gasteiger partial charge in [-0.2, -0.15) is 0 Å². The van der Waals surface area contributed by atoms with Crippen LogP contribution in [0.4, 0.5) is 0 Å². The first kappa shape index (κ1) is 21.4. The standard InChI is InChI=1S/C34H24O4/c1-20-7-12-27-24(15-16-29-33(27)37-18-35-29)25-13-14-26-28(31(20)25)17-30-34(38-19-36-30)32(26)23-10-8-22(9-11-23)21-5-3-2-4-6-21/h2-17,20H,18-19H2,1H3. The van der Waals surface area contributed by atoms with Gasteiger partial charge in [0.1, 0.15) is 0 Å². The SMILES string of the molecule is CC1C=Cc2c(ccc3c2OCO3)-c2ccc3c(-c4ccc(-c5ccccc5)cc4)c4c(cc3c21)OCO4. The topological polar surface area (TPSA) is 36.9 Å². The van der Waals surface area contributed by atoms with Crippen molar-refractivity contribution in [3.63, 3.8) is 0 Å². The van der Waals surface area contributed by atoms with Crippen LogP contribution in [0.25, 0.3) is 50.2 Å². The lowest BCUT2D eigenvalue weighted by Crippen LogP contribution is -1.97. The van der Waals surface area contributed by atoms with Gasteiger partial charge in [-0.25, -0.2) is 0 Å². The second-order valence-corrected chi connectivity index (χ2v) is 9.96. The number of fused-ring (bicyclic) bond motifs is 8. The van der Waals surface area contributed by atoms with Crippen LogP contribution >= 0.6 is 0 Å². The zero-order chi connectivity index (χ0) is 25.2. The predicted octanol–water partition coefficient (Wildman–Crippen LogP) is 8.43. The third kappa shape index (κ3) is 3.10. The average Bonchev–Trinajstić information content (AvgIpc) is 3.61. The van der Waals surface area contributed by atoms with Crippen LogP contribution < -0.4 is 18.9 Å². The molecular formula is C34H24O4. The molecule has 0 saturated heterocycles. The minimum atomic E-state index is 0.188. The largest absolute Gasteiger partial charge is 0.454 e. The number of hydrogen-bond acceptors (Lipinski definition) is 4. The van der Waals surface area contributed by atoms with Crippen LogP contribution in [0.3, 0.4) is 0 Å². The summed E-state index contributed by atoms with van der Waals surface area (Å²) in [5.74, 6) is 3.41. The Morgan fingerprint density at radius 3 is 2.16 bits per heavy atom. The van der Waals surface area contributed by atoms with Crippen molar-refractivity contribution in [1.29, 1.82) is 0 Å². The van der Waals surface area contributed by atoms with E-state index in [-0.39, 0.29) is 19.5 Å². The Morgan fingerprint density at radius 1 is 0.605 bits per heavy atom. The Kier molecular flexibility index (Phi) is 4.59. The highest BCUT2D eigenvalue weighted by Crippen LogP contribution is 2.52. The van der Waals surface area contributed by atoms with E-state index in [0.717, 1.165) is 50.6 Å². The van der Waals surface area contributed by atoms with Gasteiger partial charge in [0.25, 0.3) is 0 Å². The van der Waals surface area contributed by atoms with E-state index < -0.39 is 0 Å². The zero-order valence-electron chi connectivity index (χ0n) is 20.9. The molecule has 38 heavy (non-hydrogen) atoms. The summed E-state index contributed by atoms with van der Waals surface area (Å²) in [5.41, 5.74) is 9.27. The Hall–Kier alpha value is -4.70. The van der Waals surface area contributed by atoms with E-state index in [4.69, 9.17) is 18.9 Å². The minimum Gasteiger partial charge on any atom is -0.454 e. The van der Waals surface area contributed by atoms with Crippen molar-refractivity contribution in [1.82, 2.24) is 0 Å². The molecule has 1 unspecified atom stereocenters. The van der Waals surface area contributed by atoms with Gasteiger partial charge < -0.3 is 18.9 Å². The molecule has 5 aromatic rings. The summed E-state index contributed by atoms with van der Waals surface area (Å²) in [6.45, 7) is 2.73. The zero-order valence-corrected chi connectivity index (χ0v) is 20.9. The van der Waals surface area contributed by atoms with E-state index in [1.807, 2.05) is 12.1 Å². The van der Waals surface area contributed by atoms with Gasteiger partial charge in [-0.05, 0) is 62.4 Å². The second-order valence-electron chi connectivity index (χ2n) is 9.96. The molecule has 4 nitrogen and oxygen atoms in total. The molecule has 1 aliphatic carbocycles. The molecule has 0 spiro atoms. The van der Waals surface area contributed by atoms with Gasteiger partial charge >= 0.3 is 0 Å². The lowest BCUT2D eigenvalue weighted by atomic mass is 9.85. The Bertz CT molecular complexity index is 1770. The molecule has 0 fully saturated rings. The van der Waals surface area contributed by atoms with E-state index >= 15 is 0 Å². The molecule has 1 atom stereocenters. The number of allylic oxidation sites excluding steroid dienone is 1. The third-order valence-electron chi connectivity index (χ3n) is 7.86. The molecule has 0 aromatic heterocycles. The van der Waals surface area contributed by atoms with Gasteiger partial charge in [-0.3, -0.25) is 0 Å². The van der Waals surface area contributed by atoms with Gasteiger partial charge in [0.15, 0.2) is 23.0 Å². The minimum absolute atomic E-state index is 0.188. The quantitative estimate of drug-likeness (QED) is 0.246. The molecule has 0 radical (unpaired) electrons. The predicted molar refractivity (Wildman–Crippen MR) is 150 cm³/mol. The van der Waals surface area contributed by atoms with Crippen molar-refractivity contribution in [3.8, 4) is 56.4 Å². The molecule has 2 heterocycles. The van der Waals surface area contributed by atoms with Crippen LogP contribution in [0, 0.1) is 0 Å². The smallest absolute Gasteiger partial charge is 0.231 e. The van der Waals surface area contributed by atoms with E-state index in [9.17, 15) is 0 Å². The van der Waals surface area contributed by atoms with Crippen LogP contribution in [0.5, 0.6) is 23.0 Å². The summed E-state index contributed by atoms with van der Waals surface area (Å²) >= 11 is 0. The molecule has 0 N–H and O–H groups in total. The van der Waals surface area contributed by atoms with Gasteiger partial charge in [0.2, 0.25) is 13.6 Å². The van der Waals surface area contributed by atoms with Crippen LogP contribution in [-0.4, -0.2) is 13.6 Å². The van der Waals surface area contributed by atoms with Crippen molar-refractivity contribution in [3.05, 3.63) is 102 Å². The monoisotopic (exact) mass is 496 g/mol. The van der Waals surface area contributed by atoms with Gasteiger partial charge in [-0.1, -0.05) is 85.8 Å². The van der Waals surface area contributed by atoms with Crippen molar-refractivity contribution < 1.29 is 18.9 Å². The van der Waals surface area contributed by atoms with E-state index in [2.05, 4.69) is 91.9 Å². The first-order valence-electron chi connectivity index (χ1n) is 12.9. The third-order valence-corrected chi connectivity index (χ3v) is 7.86. The van der Waals surface area contributed by atoms with E-state index in [1.54, 1.807) is 0 Å². The molecule has 2 aliphatic heterocycles. The summed E-state index contributed by atoms with van der Waals surface area (Å²) < 4.78 is 23.5. The highest BCUT2D eigenvalue weighted by atomic mass is 16.7. The van der Waals surface area contributed by atoms with E-state index in [0.29, 0.717) is 0 Å². The molecule has 4 heteroatoms. The van der Waals surface area contributed by atoms with Gasteiger partial charge in [-0.15, -0.1) is 0 Å². The maximum atomic E-state index is 6.04. The van der Waals surface area contributed by atoms with Crippen molar-refractivity contribution in [2.24, 2.45) is 0 Å². The molecule has 0 bridgehead atoms. The first-order chi connectivity index (χ1) is 18.8. The summed E-state index contributed by atoms with van der Waals surface area (Å²) in [5, 5.41) is 2.33. The summed E-state index contributed by atoms with van der Waals surface area (Å²) in [7, 11) is 0. The molecule has 184 valence electrons. The van der Waals surface area contributed by atoms with Crippen LogP contribution in [0.15, 0.2) is 91.0 Å². The molecular weight excluding hydrogens is 472 g/mol. The average molecular weight is 497 g/mol. The molecule has 3 aliphatic rings. The number of benzene rings is 5. The number of rotatable bonds is 2. The highest BCUT2D eigenvalue weighted by molar-refractivity contribution is 6.06. The Balaban J connectivity index is 1.36. The molecule has 0 amide bonds. The maximum Gasteiger partial charge on any atom is 0.231 e. The Morgan fingerprint density at radius 2 is 1.32 bits per heavy atom. The fourth-order valence-electron chi connectivity index (χ4n) is 6.06. The maximum absolute atomic E-state index is 6.04. The lowest BCUT2D eigenvalue weighted by molar-refractivity contribution is 0.173. The van der Waals surface area contributed by atoms with E-state index in [1.165, 1.54) is 27.6 Å². The van der Waals surface area contributed by atoms with Gasteiger partial charge in [0.05, 0.1) is 0 Å². The summed E-state index contributed by atoms with van der Waals surface area (Å²) in [6, 6.07) is 30.0. The fourth-order valence-corrected chi connectivity index (χ4v) is 6.06. The second kappa shape index (κ2) is 8.15. The normalized spacial score (nSPS) is 16.3. The summed E-state index contributed by atoms with van der Waals surface area (Å²) in [4.78, 5) is 0. The lowest BCUT2D eigenvalue weighted by Gasteiger charge is -2.19. The first-order valence-corrected chi connectivity index (χ1v) is 12.9. The number of hydrogen-bond donors (Lipinski definition) is 0. The highest BCUT2D eigenvalue weighted by Gasteiger charge is 2.28. The molecule has 5 aromatic carbocycles. The van der Waals surface area contributed by atoms with Crippen molar-refractivity contribution in [2.75, 3.05) is 13.6 Å². The molecule has 8 rings (SSSR count). The van der Waals surface area contributed by atoms with Crippen LogP contribution in [0.2, 0.25) is 0 Å². The number of ether oxygens (including phenoxy) is 4. The van der Waals surface area contributed by atoms with Gasteiger partial charge in [0, 0.05) is 17.0 Å².